The van der Waals surface area contributed by atoms with Crippen molar-refractivity contribution in [2.45, 2.75) is 50.5 Å². The summed E-state index contributed by atoms with van der Waals surface area (Å²) in [4.78, 5) is 16.3. The first kappa shape index (κ1) is 25.1. The highest BCUT2D eigenvalue weighted by atomic mass is 16.5. The SMILES string of the molecule is CCCCCCC(=O)N1CCN(C(c2ccccc2)(c2ccccc2)c2ccccc2)CC1(O)O. The smallest absolute Gasteiger partial charge is 0.262 e. The van der Waals surface area contributed by atoms with Crippen molar-refractivity contribution in [3.63, 3.8) is 0 Å². The van der Waals surface area contributed by atoms with E-state index in [1.165, 1.54) is 4.90 Å². The molecule has 0 bridgehead atoms. The molecule has 1 aliphatic rings. The third-order valence-electron chi connectivity index (χ3n) is 7.02. The zero-order valence-corrected chi connectivity index (χ0v) is 20.5. The number of amides is 1. The lowest BCUT2D eigenvalue weighted by atomic mass is 9.75. The van der Waals surface area contributed by atoms with Gasteiger partial charge < -0.3 is 10.2 Å². The van der Waals surface area contributed by atoms with Crippen molar-refractivity contribution in [2.24, 2.45) is 0 Å². The first-order valence-electron chi connectivity index (χ1n) is 12.7. The number of benzene rings is 3. The zero-order valence-electron chi connectivity index (χ0n) is 20.5. The maximum Gasteiger partial charge on any atom is 0.262 e. The summed E-state index contributed by atoms with van der Waals surface area (Å²) in [5, 5.41) is 22.4. The van der Waals surface area contributed by atoms with Gasteiger partial charge in [-0.25, -0.2) is 0 Å². The van der Waals surface area contributed by atoms with Gasteiger partial charge in [0.15, 0.2) is 0 Å². The van der Waals surface area contributed by atoms with Gasteiger partial charge in [0.05, 0.1) is 12.1 Å². The second kappa shape index (κ2) is 11.2. The van der Waals surface area contributed by atoms with Gasteiger partial charge in [0, 0.05) is 19.5 Å². The monoisotopic (exact) mass is 472 g/mol. The minimum Gasteiger partial charge on any atom is -0.348 e. The number of nitrogens with zero attached hydrogens (tertiary/aromatic N) is 2. The lowest BCUT2D eigenvalue weighted by molar-refractivity contribution is -0.284. The number of hydrogen-bond donors (Lipinski definition) is 2. The van der Waals surface area contributed by atoms with E-state index in [-0.39, 0.29) is 19.0 Å². The van der Waals surface area contributed by atoms with Crippen LogP contribution < -0.4 is 0 Å². The standard InChI is InChI=1S/C30H36N2O3/c1-2-3-4-14-21-28(33)32-23-22-31(24-29(32,34)35)30(25-15-8-5-9-16-25,26-17-10-6-11-18-26)27-19-12-7-13-20-27/h5-13,15-20,34-35H,2-4,14,21-24H2,1H3. The molecule has 0 spiro atoms. The van der Waals surface area contributed by atoms with Crippen LogP contribution in [0.25, 0.3) is 0 Å². The van der Waals surface area contributed by atoms with Crippen molar-refractivity contribution < 1.29 is 15.0 Å². The molecule has 0 aliphatic carbocycles. The van der Waals surface area contributed by atoms with E-state index in [0.717, 1.165) is 42.4 Å². The molecule has 0 saturated carbocycles. The summed E-state index contributed by atoms with van der Waals surface area (Å²) in [7, 11) is 0. The van der Waals surface area contributed by atoms with Crippen LogP contribution in [-0.4, -0.2) is 51.5 Å². The molecule has 0 atom stereocenters. The van der Waals surface area contributed by atoms with E-state index in [0.29, 0.717) is 13.0 Å². The fraction of sp³-hybridized carbons (Fsp3) is 0.367. The number of unbranched alkanes of at least 4 members (excludes halogenated alkanes) is 3. The molecule has 5 nitrogen and oxygen atoms in total. The van der Waals surface area contributed by atoms with Crippen LogP contribution in [0.2, 0.25) is 0 Å². The molecular formula is C30H36N2O3. The van der Waals surface area contributed by atoms with Crippen LogP contribution in [-0.2, 0) is 10.3 Å². The number of piperazine rings is 1. The lowest BCUT2D eigenvalue weighted by Crippen LogP contribution is -2.67. The largest absolute Gasteiger partial charge is 0.348 e. The van der Waals surface area contributed by atoms with Crippen molar-refractivity contribution in [1.82, 2.24) is 9.80 Å². The predicted molar refractivity (Wildman–Crippen MR) is 138 cm³/mol. The summed E-state index contributed by atoms with van der Waals surface area (Å²) < 4.78 is 0. The van der Waals surface area contributed by atoms with Crippen molar-refractivity contribution in [3.05, 3.63) is 108 Å². The van der Waals surface area contributed by atoms with Gasteiger partial charge in [0.25, 0.3) is 5.91 Å². The van der Waals surface area contributed by atoms with E-state index >= 15 is 0 Å². The molecule has 3 aromatic rings. The van der Waals surface area contributed by atoms with Crippen LogP contribution in [0.5, 0.6) is 0 Å². The molecule has 1 heterocycles. The Bertz CT molecular complexity index is 974. The number of hydrogen-bond acceptors (Lipinski definition) is 4. The van der Waals surface area contributed by atoms with Crippen LogP contribution in [0.1, 0.15) is 55.7 Å². The highest BCUT2D eigenvalue weighted by Crippen LogP contribution is 2.44. The molecule has 1 amide bonds. The summed E-state index contributed by atoms with van der Waals surface area (Å²) in [6, 6.07) is 30.5. The highest BCUT2D eigenvalue weighted by Gasteiger charge is 2.50. The Kier molecular flexibility index (Phi) is 8.01. The van der Waals surface area contributed by atoms with Crippen molar-refractivity contribution in [3.8, 4) is 0 Å². The normalized spacial score (nSPS) is 16.3. The van der Waals surface area contributed by atoms with Crippen LogP contribution in [0, 0.1) is 0 Å². The number of carbonyl (C=O) groups excluding carboxylic acids is 1. The van der Waals surface area contributed by atoms with Gasteiger partial charge in [-0.15, -0.1) is 0 Å². The highest BCUT2D eigenvalue weighted by molar-refractivity contribution is 5.76. The first-order valence-corrected chi connectivity index (χ1v) is 12.7. The van der Waals surface area contributed by atoms with Crippen molar-refractivity contribution in [2.75, 3.05) is 19.6 Å². The van der Waals surface area contributed by atoms with Crippen molar-refractivity contribution in [1.29, 1.82) is 0 Å². The number of β-amino-alcohol motifs (C(OH)–C–C–N with tert-alkyl or cyclic N) is 2. The van der Waals surface area contributed by atoms with Gasteiger partial charge in [-0.3, -0.25) is 14.6 Å². The first-order chi connectivity index (χ1) is 17.0. The van der Waals surface area contributed by atoms with E-state index in [1.807, 2.05) is 54.6 Å². The van der Waals surface area contributed by atoms with E-state index in [2.05, 4.69) is 48.2 Å². The summed E-state index contributed by atoms with van der Waals surface area (Å²) in [6.45, 7) is 2.79. The van der Waals surface area contributed by atoms with Crippen LogP contribution in [0.3, 0.4) is 0 Å². The number of rotatable bonds is 9. The van der Waals surface area contributed by atoms with Gasteiger partial charge in [0.1, 0.15) is 0 Å². The fourth-order valence-corrected chi connectivity index (χ4v) is 5.35. The molecule has 4 rings (SSSR count). The molecule has 5 heteroatoms. The number of aliphatic hydroxyl groups is 2. The third-order valence-corrected chi connectivity index (χ3v) is 7.02. The van der Waals surface area contributed by atoms with Gasteiger partial charge in [-0.2, -0.15) is 0 Å². The Labute approximate surface area is 208 Å². The number of carbonyl (C=O) groups is 1. The second-order valence-electron chi connectivity index (χ2n) is 9.36. The fourth-order valence-electron chi connectivity index (χ4n) is 5.35. The molecule has 1 saturated heterocycles. The maximum absolute atomic E-state index is 12.9. The van der Waals surface area contributed by atoms with Gasteiger partial charge in [-0.05, 0) is 23.1 Å². The Hall–Kier alpha value is -2.99. The summed E-state index contributed by atoms with van der Waals surface area (Å²) >= 11 is 0. The Morgan fingerprint density at radius 1 is 0.771 bits per heavy atom. The topological polar surface area (TPSA) is 64.0 Å². The molecule has 0 aromatic heterocycles. The Morgan fingerprint density at radius 2 is 1.26 bits per heavy atom. The maximum atomic E-state index is 12.9. The van der Waals surface area contributed by atoms with Crippen LogP contribution in [0.15, 0.2) is 91.0 Å². The second-order valence-corrected chi connectivity index (χ2v) is 9.36. The third kappa shape index (κ3) is 5.18. The molecule has 35 heavy (non-hydrogen) atoms. The molecular weight excluding hydrogens is 436 g/mol. The quantitative estimate of drug-likeness (QED) is 0.268. The molecule has 0 unspecified atom stereocenters. The van der Waals surface area contributed by atoms with Crippen LogP contribution >= 0.6 is 0 Å². The molecule has 184 valence electrons. The molecule has 1 fully saturated rings. The Morgan fingerprint density at radius 3 is 1.69 bits per heavy atom. The van der Waals surface area contributed by atoms with Crippen molar-refractivity contribution >= 4 is 5.91 Å². The van der Waals surface area contributed by atoms with E-state index in [4.69, 9.17) is 0 Å². The minimum atomic E-state index is -2.26. The average molecular weight is 473 g/mol. The lowest BCUT2D eigenvalue weighted by Gasteiger charge is -2.52. The summed E-state index contributed by atoms with van der Waals surface area (Å²) in [5.74, 6) is -2.46. The predicted octanol–water partition coefficient (Wildman–Crippen LogP) is 4.73. The summed E-state index contributed by atoms with van der Waals surface area (Å²) in [6.07, 6.45) is 4.26. The molecule has 2 N–H and O–H groups in total. The van der Waals surface area contributed by atoms with E-state index in [9.17, 15) is 15.0 Å². The minimum absolute atomic E-state index is 0.0909. The Balaban J connectivity index is 1.74. The molecule has 1 aliphatic heterocycles. The van der Waals surface area contributed by atoms with E-state index in [1.54, 1.807) is 0 Å². The van der Waals surface area contributed by atoms with E-state index < -0.39 is 11.4 Å². The molecule has 3 aromatic carbocycles. The summed E-state index contributed by atoms with van der Waals surface area (Å²) in [5.41, 5.74) is 2.35. The van der Waals surface area contributed by atoms with Gasteiger partial charge in [0.2, 0.25) is 5.91 Å². The zero-order chi connectivity index (χ0) is 24.7. The van der Waals surface area contributed by atoms with Gasteiger partial charge >= 0.3 is 0 Å². The average Bonchev–Trinajstić information content (AvgIpc) is 2.88. The van der Waals surface area contributed by atoms with Crippen LogP contribution in [0.4, 0.5) is 0 Å². The molecule has 0 radical (unpaired) electrons. The van der Waals surface area contributed by atoms with Gasteiger partial charge in [-0.1, -0.05) is 117 Å².